The summed E-state index contributed by atoms with van der Waals surface area (Å²) < 4.78 is 24.8. The summed E-state index contributed by atoms with van der Waals surface area (Å²) in [6.07, 6.45) is 3.29. The zero-order valence-corrected chi connectivity index (χ0v) is 17.4. The Labute approximate surface area is 167 Å². The van der Waals surface area contributed by atoms with E-state index in [0.717, 1.165) is 25.8 Å². The fraction of sp³-hybridized carbons (Fsp3) is 0.476. The van der Waals surface area contributed by atoms with Crippen LogP contribution in [-0.4, -0.2) is 69.6 Å². The Morgan fingerprint density at radius 3 is 2.61 bits per heavy atom. The van der Waals surface area contributed by atoms with E-state index in [1.165, 1.54) is 16.3 Å². The van der Waals surface area contributed by atoms with Gasteiger partial charge >= 0.3 is 0 Å². The van der Waals surface area contributed by atoms with E-state index in [2.05, 4.69) is 40.0 Å². The second-order valence-electron chi connectivity index (χ2n) is 7.56. The summed E-state index contributed by atoms with van der Waals surface area (Å²) in [6.45, 7) is 2.66. The molecule has 2 aromatic carbocycles. The minimum absolute atomic E-state index is 0.147. The molecule has 0 saturated carbocycles. The van der Waals surface area contributed by atoms with Crippen LogP contribution < -0.4 is 4.72 Å². The van der Waals surface area contributed by atoms with Gasteiger partial charge in [-0.05, 0) is 42.6 Å². The number of hydrogen-bond acceptors (Lipinski definition) is 4. The predicted octanol–water partition coefficient (Wildman–Crippen LogP) is 1.85. The summed E-state index contributed by atoms with van der Waals surface area (Å²) in [5, 5.41) is 2.45. The summed E-state index contributed by atoms with van der Waals surface area (Å²) in [6, 6.07) is 14.6. The number of piperazine rings is 1. The van der Waals surface area contributed by atoms with Crippen molar-refractivity contribution in [1.29, 1.82) is 0 Å². The van der Waals surface area contributed by atoms with Gasteiger partial charge in [0, 0.05) is 26.2 Å². The van der Waals surface area contributed by atoms with E-state index in [1.807, 2.05) is 24.1 Å². The third-order valence-electron chi connectivity index (χ3n) is 5.35. The lowest BCUT2D eigenvalue weighted by Gasteiger charge is -2.39. The van der Waals surface area contributed by atoms with Gasteiger partial charge < -0.3 is 4.90 Å². The van der Waals surface area contributed by atoms with Crippen molar-refractivity contribution >= 4 is 26.7 Å². The van der Waals surface area contributed by atoms with Gasteiger partial charge in [0.1, 0.15) is 0 Å². The van der Waals surface area contributed by atoms with Crippen LogP contribution >= 0.6 is 0 Å². The molecule has 1 aliphatic heterocycles. The molecule has 28 heavy (non-hydrogen) atoms. The number of benzene rings is 2. The first-order valence-electron chi connectivity index (χ1n) is 9.75. The van der Waals surface area contributed by atoms with Crippen molar-refractivity contribution < 1.29 is 13.2 Å². The van der Waals surface area contributed by atoms with Crippen LogP contribution in [0.1, 0.15) is 18.4 Å². The molecular formula is C21H29N3O3S. The number of sulfonamides is 1. The molecule has 2 aromatic rings. The van der Waals surface area contributed by atoms with Crippen LogP contribution in [0.3, 0.4) is 0 Å². The Kier molecular flexibility index (Phi) is 6.69. The predicted molar refractivity (Wildman–Crippen MR) is 113 cm³/mol. The minimum Gasteiger partial charge on any atom is -0.340 e. The van der Waals surface area contributed by atoms with E-state index in [4.69, 9.17) is 0 Å². The van der Waals surface area contributed by atoms with Crippen LogP contribution in [0.25, 0.3) is 10.8 Å². The van der Waals surface area contributed by atoms with Gasteiger partial charge in [-0.1, -0.05) is 42.5 Å². The Hall–Kier alpha value is -1.96. The summed E-state index contributed by atoms with van der Waals surface area (Å²) in [4.78, 5) is 16.9. The van der Waals surface area contributed by atoms with E-state index in [0.29, 0.717) is 25.9 Å². The van der Waals surface area contributed by atoms with E-state index < -0.39 is 10.0 Å². The maximum absolute atomic E-state index is 12.9. The lowest BCUT2D eigenvalue weighted by atomic mass is 10.0. The van der Waals surface area contributed by atoms with Crippen LogP contribution in [-0.2, 0) is 21.2 Å². The first-order valence-corrected chi connectivity index (χ1v) is 11.6. The smallest absolute Gasteiger partial charge is 0.239 e. The number of carbonyl (C=O) groups is 1. The molecule has 1 N–H and O–H groups in total. The summed E-state index contributed by atoms with van der Waals surface area (Å²) in [5.74, 6) is 0.147. The number of carbonyl (C=O) groups excluding carboxylic acids is 1. The average Bonchev–Trinajstić information content (AvgIpc) is 2.65. The highest BCUT2D eigenvalue weighted by Crippen LogP contribution is 2.18. The summed E-state index contributed by atoms with van der Waals surface area (Å²) in [7, 11) is -1.21. The molecule has 6 nitrogen and oxygen atoms in total. The van der Waals surface area contributed by atoms with Crippen LogP contribution in [0.5, 0.6) is 0 Å². The van der Waals surface area contributed by atoms with E-state index in [1.54, 1.807) is 0 Å². The van der Waals surface area contributed by atoms with Crippen molar-refractivity contribution in [3.8, 4) is 0 Å². The molecule has 0 aromatic heterocycles. The third-order valence-corrected chi connectivity index (χ3v) is 6.08. The van der Waals surface area contributed by atoms with Gasteiger partial charge in [-0.25, -0.2) is 13.1 Å². The van der Waals surface area contributed by atoms with E-state index in [-0.39, 0.29) is 11.9 Å². The second-order valence-corrected chi connectivity index (χ2v) is 9.39. The topological polar surface area (TPSA) is 69.7 Å². The molecule has 1 fully saturated rings. The Morgan fingerprint density at radius 2 is 1.86 bits per heavy atom. The first-order chi connectivity index (χ1) is 13.3. The number of nitrogens with zero attached hydrogens (tertiary/aromatic N) is 2. The Balaban J connectivity index is 1.55. The van der Waals surface area contributed by atoms with Crippen molar-refractivity contribution in [2.24, 2.45) is 0 Å². The van der Waals surface area contributed by atoms with Gasteiger partial charge in [-0.3, -0.25) is 9.69 Å². The van der Waals surface area contributed by atoms with Gasteiger partial charge in [0.15, 0.2) is 0 Å². The fourth-order valence-electron chi connectivity index (χ4n) is 3.72. The molecule has 0 radical (unpaired) electrons. The quantitative estimate of drug-likeness (QED) is 0.683. The summed E-state index contributed by atoms with van der Waals surface area (Å²) in [5.41, 5.74) is 1.24. The van der Waals surface area contributed by atoms with Gasteiger partial charge in [0.2, 0.25) is 15.9 Å². The van der Waals surface area contributed by atoms with Gasteiger partial charge in [-0.2, -0.15) is 0 Å². The molecule has 1 amide bonds. The second kappa shape index (κ2) is 9.03. The molecule has 0 bridgehead atoms. The monoisotopic (exact) mass is 403 g/mol. The van der Waals surface area contributed by atoms with E-state index >= 15 is 0 Å². The standard InChI is InChI=1S/C21H29N3O3S/c1-23-14-15-24(21(25)20(23)8-5-12-22-28(2,26)27)13-11-17-9-10-18-6-3-4-7-19(18)16-17/h3-4,6-7,9-10,16,20,22H,5,8,11-15H2,1-2H3/t20-/m0/s1. The number of fused-ring (bicyclic) bond motifs is 1. The number of rotatable bonds is 8. The molecule has 152 valence electrons. The number of nitrogens with one attached hydrogen (secondary N) is 1. The Morgan fingerprint density at radius 1 is 1.11 bits per heavy atom. The molecule has 3 rings (SSSR count). The summed E-state index contributed by atoms with van der Waals surface area (Å²) >= 11 is 0. The number of hydrogen-bond donors (Lipinski definition) is 1. The minimum atomic E-state index is -3.18. The van der Waals surface area contributed by atoms with Crippen molar-refractivity contribution in [1.82, 2.24) is 14.5 Å². The maximum Gasteiger partial charge on any atom is 0.239 e. The zero-order chi connectivity index (χ0) is 20.1. The third kappa shape index (κ3) is 5.53. The van der Waals surface area contributed by atoms with E-state index in [9.17, 15) is 13.2 Å². The van der Waals surface area contributed by atoms with Gasteiger partial charge in [0.25, 0.3) is 0 Å². The van der Waals surface area contributed by atoms with Crippen molar-refractivity contribution in [3.63, 3.8) is 0 Å². The molecule has 0 unspecified atom stereocenters. The van der Waals surface area contributed by atoms with Gasteiger partial charge in [-0.15, -0.1) is 0 Å². The number of likely N-dealkylation sites (N-methyl/N-ethyl adjacent to an activating group) is 1. The molecule has 1 atom stereocenters. The maximum atomic E-state index is 12.9. The lowest BCUT2D eigenvalue weighted by molar-refractivity contribution is -0.141. The number of amides is 1. The highest BCUT2D eigenvalue weighted by Gasteiger charge is 2.31. The van der Waals surface area contributed by atoms with Crippen molar-refractivity contribution in [2.75, 3.05) is 39.5 Å². The zero-order valence-electron chi connectivity index (χ0n) is 16.6. The first kappa shape index (κ1) is 20.8. The van der Waals surface area contributed by atoms with Crippen LogP contribution in [0.4, 0.5) is 0 Å². The van der Waals surface area contributed by atoms with Crippen LogP contribution in [0.2, 0.25) is 0 Å². The molecule has 1 saturated heterocycles. The average molecular weight is 404 g/mol. The molecule has 1 heterocycles. The lowest BCUT2D eigenvalue weighted by Crippen LogP contribution is -2.56. The molecule has 0 spiro atoms. The highest BCUT2D eigenvalue weighted by atomic mass is 32.2. The molecule has 7 heteroatoms. The van der Waals surface area contributed by atoms with Gasteiger partial charge in [0.05, 0.1) is 12.3 Å². The molecular weight excluding hydrogens is 374 g/mol. The fourth-order valence-corrected chi connectivity index (χ4v) is 4.24. The van der Waals surface area contributed by atoms with Crippen molar-refractivity contribution in [2.45, 2.75) is 25.3 Å². The largest absolute Gasteiger partial charge is 0.340 e. The normalized spacial score (nSPS) is 18.7. The SMILES string of the molecule is CN1CCN(CCc2ccc3ccccc3c2)C(=O)[C@@H]1CCCNS(C)(=O)=O. The highest BCUT2D eigenvalue weighted by molar-refractivity contribution is 7.88. The van der Waals surface area contributed by atoms with Crippen molar-refractivity contribution in [3.05, 3.63) is 48.0 Å². The Bertz CT molecular complexity index is 929. The van der Waals surface area contributed by atoms with Crippen LogP contribution in [0.15, 0.2) is 42.5 Å². The van der Waals surface area contributed by atoms with Crippen LogP contribution in [0, 0.1) is 0 Å². The molecule has 0 aliphatic carbocycles. The molecule has 1 aliphatic rings.